The van der Waals surface area contributed by atoms with E-state index in [1.165, 1.54) is 4.88 Å². The van der Waals surface area contributed by atoms with E-state index in [4.69, 9.17) is 0 Å². The van der Waals surface area contributed by atoms with E-state index in [9.17, 15) is 18.7 Å². The Labute approximate surface area is 163 Å². The van der Waals surface area contributed by atoms with E-state index in [0.717, 1.165) is 12.8 Å². The van der Waals surface area contributed by atoms with E-state index < -0.39 is 5.92 Å². The largest absolute Gasteiger partial charge is 0.394 e. The molecule has 27 heavy (non-hydrogen) atoms. The number of urea groups is 1. The SMILES string of the molecule is CC[C@@H]1CN(C(=O)NCCc2cccs2)[C@H](CO)[C@@H]1CN1CCC(F)(F)C1. The highest BCUT2D eigenvalue weighted by Gasteiger charge is 2.46. The van der Waals surface area contributed by atoms with Gasteiger partial charge < -0.3 is 15.3 Å². The number of likely N-dealkylation sites (tertiary alicyclic amines) is 2. The fourth-order valence-electron chi connectivity index (χ4n) is 4.35. The molecule has 2 aliphatic heterocycles. The van der Waals surface area contributed by atoms with E-state index in [1.807, 2.05) is 17.5 Å². The van der Waals surface area contributed by atoms with Crippen LogP contribution in [0.5, 0.6) is 0 Å². The highest BCUT2D eigenvalue weighted by Crippen LogP contribution is 2.35. The average Bonchev–Trinajstić information content (AvgIpc) is 3.34. The molecule has 0 spiro atoms. The molecule has 8 heteroatoms. The van der Waals surface area contributed by atoms with Crippen LogP contribution in [0, 0.1) is 11.8 Å². The van der Waals surface area contributed by atoms with Crippen LogP contribution < -0.4 is 5.32 Å². The summed E-state index contributed by atoms with van der Waals surface area (Å²) in [5.41, 5.74) is 0. The second kappa shape index (κ2) is 8.84. The molecule has 2 aliphatic rings. The van der Waals surface area contributed by atoms with Gasteiger partial charge in [-0.1, -0.05) is 19.4 Å². The van der Waals surface area contributed by atoms with Gasteiger partial charge in [-0.3, -0.25) is 4.90 Å². The maximum absolute atomic E-state index is 13.5. The molecule has 2 fully saturated rings. The van der Waals surface area contributed by atoms with Gasteiger partial charge in [-0.05, 0) is 29.7 Å². The topological polar surface area (TPSA) is 55.8 Å². The summed E-state index contributed by atoms with van der Waals surface area (Å²) in [7, 11) is 0. The van der Waals surface area contributed by atoms with Gasteiger partial charge in [0.15, 0.2) is 0 Å². The van der Waals surface area contributed by atoms with Gasteiger partial charge in [-0.15, -0.1) is 11.3 Å². The number of hydrogen-bond donors (Lipinski definition) is 2. The predicted molar refractivity (Wildman–Crippen MR) is 102 cm³/mol. The molecule has 0 saturated carbocycles. The van der Waals surface area contributed by atoms with Crippen molar-refractivity contribution in [1.82, 2.24) is 15.1 Å². The number of aliphatic hydroxyl groups is 1. The lowest BCUT2D eigenvalue weighted by atomic mass is 9.88. The number of carbonyl (C=O) groups is 1. The third-order valence-corrected chi connectivity index (χ3v) is 6.79. The first-order valence-corrected chi connectivity index (χ1v) is 10.6. The van der Waals surface area contributed by atoms with Crippen LogP contribution in [0.3, 0.4) is 0 Å². The third kappa shape index (κ3) is 4.97. The van der Waals surface area contributed by atoms with E-state index in [1.54, 1.807) is 21.1 Å². The molecule has 0 aromatic carbocycles. The van der Waals surface area contributed by atoms with Gasteiger partial charge in [0.1, 0.15) is 0 Å². The molecule has 0 bridgehead atoms. The van der Waals surface area contributed by atoms with E-state index in [2.05, 4.69) is 12.2 Å². The van der Waals surface area contributed by atoms with Gasteiger partial charge in [-0.2, -0.15) is 0 Å². The Kier molecular flexibility index (Phi) is 6.70. The Hall–Kier alpha value is -1.25. The Morgan fingerprint density at radius 1 is 1.48 bits per heavy atom. The third-order valence-electron chi connectivity index (χ3n) is 5.85. The highest BCUT2D eigenvalue weighted by molar-refractivity contribution is 7.09. The lowest BCUT2D eigenvalue weighted by Crippen LogP contribution is -2.47. The number of rotatable bonds is 7. The van der Waals surface area contributed by atoms with Gasteiger partial charge in [0.25, 0.3) is 5.92 Å². The number of hydrogen-bond acceptors (Lipinski definition) is 4. The zero-order valence-corrected chi connectivity index (χ0v) is 16.6. The van der Waals surface area contributed by atoms with Crippen LogP contribution in [0.4, 0.5) is 13.6 Å². The minimum absolute atomic E-state index is 0.0249. The second-order valence-electron chi connectivity index (χ2n) is 7.64. The summed E-state index contributed by atoms with van der Waals surface area (Å²) >= 11 is 1.66. The number of amides is 2. The van der Waals surface area contributed by atoms with Crippen molar-refractivity contribution in [2.75, 3.05) is 39.3 Å². The summed E-state index contributed by atoms with van der Waals surface area (Å²) in [6, 6.07) is 3.55. The van der Waals surface area contributed by atoms with Crippen LogP contribution in [0.25, 0.3) is 0 Å². The zero-order chi connectivity index (χ0) is 19.4. The number of halogens is 2. The summed E-state index contributed by atoms with van der Waals surface area (Å²) in [4.78, 5) is 17.4. The van der Waals surface area contributed by atoms with Crippen molar-refractivity contribution in [3.63, 3.8) is 0 Å². The number of aliphatic hydroxyl groups excluding tert-OH is 1. The molecule has 152 valence electrons. The highest BCUT2D eigenvalue weighted by atomic mass is 32.1. The maximum Gasteiger partial charge on any atom is 0.317 e. The quantitative estimate of drug-likeness (QED) is 0.739. The monoisotopic (exact) mass is 401 g/mol. The molecule has 3 heterocycles. The molecule has 0 radical (unpaired) electrons. The van der Waals surface area contributed by atoms with Crippen LogP contribution in [-0.4, -0.2) is 72.2 Å². The van der Waals surface area contributed by atoms with Crippen LogP contribution in [0.1, 0.15) is 24.6 Å². The van der Waals surface area contributed by atoms with Gasteiger partial charge in [0.05, 0.1) is 19.2 Å². The Balaban J connectivity index is 1.57. The fourth-order valence-corrected chi connectivity index (χ4v) is 5.06. The Morgan fingerprint density at radius 2 is 2.30 bits per heavy atom. The normalized spacial score (nSPS) is 28.0. The number of carbonyl (C=O) groups excluding carboxylic acids is 1. The summed E-state index contributed by atoms with van der Waals surface area (Å²) in [5, 5.41) is 14.9. The number of alkyl halides is 2. The van der Waals surface area contributed by atoms with Crippen LogP contribution in [0.2, 0.25) is 0 Å². The van der Waals surface area contributed by atoms with E-state index in [0.29, 0.717) is 26.2 Å². The summed E-state index contributed by atoms with van der Waals surface area (Å²) in [5.74, 6) is -2.37. The van der Waals surface area contributed by atoms with Gasteiger partial charge >= 0.3 is 6.03 Å². The van der Waals surface area contributed by atoms with Crippen LogP contribution in [-0.2, 0) is 6.42 Å². The smallest absolute Gasteiger partial charge is 0.317 e. The molecule has 2 amide bonds. The molecule has 1 aromatic heterocycles. The number of nitrogens with one attached hydrogen (secondary N) is 1. The molecular formula is C19H29F2N3O2S. The molecule has 1 aromatic rings. The van der Waals surface area contributed by atoms with Crippen LogP contribution >= 0.6 is 11.3 Å². The Bertz CT molecular complexity index is 614. The van der Waals surface area contributed by atoms with Crippen molar-refractivity contribution in [2.45, 2.75) is 38.2 Å². The van der Waals surface area contributed by atoms with Crippen molar-refractivity contribution in [2.24, 2.45) is 11.8 Å². The summed E-state index contributed by atoms with van der Waals surface area (Å²) < 4.78 is 27.0. The average molecular weight is 402 g/mol. The minimum atomic E-state index is -2.62. The first-order chi connectivity index (χ1) is 12.9. The zero-order valence-electron chi connectivity index (χ0n) is 15.7. The van der Waals surface area contributed by atoms with Crippen molar-refractivity contribution in [1.29, 1.82) is 0 Å². The molecule has 3 rings (SSSR count). The van der Waals surface area contributed by atoms with Gasteiger partial charge in [0.2, 0.25) is 0 Å². The molecule has 2 saturated heterocycles. The fraction of sp³-hybridized carbons (Fsp3) is 0.737. The minimum Gasteiger partial charge on any atom is -0.394 e. The van der Waals surface area contributed by atoms with E-state index >= 15 is 0 Å². The van der Waals surface area contributed by atoms with Crippen molar-refractivity contribution < 1.29 is 18.7 Å². The van der Waals surface area contributed by atoms with Crippen LogP contribution in [0.15, 0.2) is 17.5 Å². The molecule has 3 atom stereocenters. The van der Waals surface area contributed by atoms with Crippen molar-refractivity contribution >= 4 is 17.4 Å². The van der Waals surface area contributed by atoms with Crippen molar-refractivity contribution in [3.8, 4) is 0 Å². The lowest BCUT2D eigenvalue weighted by Gasteiger charge is -2.30. The second-order valence-corrected chi connectivity index (χ2v) is 8.67. The molecule has 2 N–H and O–H groups in total. The molecule has 0 unspecified atom stereocenters. The number of thiophene rings is 1. The van der Waals surface area contributed by atoms with Crippen molar-refractivity contribution in [3.05, 3.63) is 22.4 Å². The maximum atomic E-state index is 13.5. The number of nitrogens with zero attached hydrogens (tertiary/aromatic N) is 2. The first-order valence-electron chi connectivity index (χ1n) is 9.71. The predicted octanol–water partition coefficient (Wildman–Crippen LogP) is 2.66. The first kappa shape index (κ1) is 20.5. The summed E-state index contributed by atoms with van der Waals surface area (Å²) in [6.45, 7) is 3.72. The Morgan fingerprint density at radius 3 is 2.89 bits per heavy atom. The van der Waals surface area contributed by atoms with Gasteiger partial charge in [-0.25, -0.2) is 13.6 Å². The standard InChI is InChI=1S/C19H29F2N3O2S/c1-2-14-10-24(18(26)22-7-5-15-4-3-9-27-15)17(12-25)16(14)11-23-8-6-19(20,21)13-23/h3-4,9,14,16-17,25H,2,5-8,10-13H2,1H3,(H,22,26)/t14-,16-,17-/m1/s1. The lowest BCUT2D eigenvalue weighted by molar-refractivity contribution is 0.00914. The van der Waals surface area contributed by atoms with E-state index in [-0.39, 0.29) is 43.5 Å². The molecule has 5 nitrogen and oxygen atoms in total. The molecule has 0 aliphatic carbocycles. The summed E-state index contributed by atoms with van der Waals surface area (Å²) in [6.07, 6.45) is 1.54. The van der Waals surface area contributed by atoms with Gasteiger partial charge in [0, 0.05) is 37.5 Å². The molecular weight excluding hydrogens is 372 g/mol.